The molecule has 170 valence electrons. The van der Waals surface area contributed by atoms with Crippen molar-refractivity contribution in [3.8, 4) is 11.4 Å². The van der Waals surface area contributed by atoms with Gasteiger partial charge in [0.1, 0.15) is 0 Å². The molecule has 2 aromatic carbocycles. The van der Waals surface area contributed by atoms with E-state index in [1.807, 2.05) is 88.5 Å². The van der Waals surface area contributed by atoms with E-state index >= 15 is 0 Å². The Kier molecular flexibility index (Phi) is 6.45. The van der Waals surface area contributed by atoms with E-state index in [0.29, 0.717) is 23.1 Å². The van der Waals surface area contributed by atoms with Gasteiger partial charge in [-0.15, -0.1) is 5.10 Å². The lowest BCUT2D eigenvalue weighted by molar-refractivity contribution is -0.117. The van der Waals surface area contributed by atoms with Crippen LogP contribution in [-0.4, -0.2) is 47.3 Å². The Hall–Kier alpha value is -3.66. The van der Waals surface area contributed by atoms with Gasteiger partial charge >= 0.3 is 0 Å². The van der Waals surface area contributed by atoms with Crippen molar-refractivity contribution in [2.45, 2.75) is 31.2 Å². The quantitative estimate of drug-likeness (QED) is 0.392. The maximum absolute atomic E-state index is 13.4. The van der Waals surface area contributed by atoms with Crippen LogP contribution in [0.1, 0.15) is 19.5 Å². The van der Waals surface area contributed by atoms with Crippen molar-refractivity contribution in [1.29, 1.82) is 0 Å². The van der Waals surface area contributed by atoms with Crippen LogP contribution in [0.25, 0.3) is 11.4 Å². The average molecular weight is 464 g/mol. The first-order valence-electron chi connectivity index (χ1n) is 10.6. The number of para-hydroxylation sites is 2. The van der Waals surface area contributed by atoms with Crippen LogP contribution in [0, 0.1) is 6.92 Å². The summed E-state index contributed by atoms with van der Waals surface area (Å²) in [4.78, 5) is 28.3. The van der Waals surface area contributed by atoms with E-state index < -0.39 is 5.25 Å². The predicted octanol–water partition coefficient (Wildman–Crippen LogP) is 2.99. The van der Waals surface area contributed by atoms with Crippen molar-refractivity contribution in [1.82, 2.24) is 29.6 Å². The number of rotatable bonds is 7. The van der Waals surface area contributed by atoms with Gasteiger partial charge in [-0.05, 0) is 55.5 Å². The first kappa shape index (κ1) is 22.5. The minimum atomic E-state index is -0.463. The number of hydrogen-bond donors (Lipinski definition) is 0. The van der Waals surface area contributed by atoms with Gasteiger partial charge in [-0.3, -0.25) is 14.3 Å². The fourth-order valence-electron chi connectivity index (χ4n) is 3.69. The van der Waals surface area contributed by atoms with Gasteiger partial charge in [0.25, 0.3) is 5.56 Å². The van der Waals surface area contributed by atoms with Crippen molar-refractivity contribution in [2.24, 2.45) is 7.05 Å². The smallest absolute Gasteiger partial charge is 0.297 e. The van der Waals surface area contributed by atoms with Crippen LogP contribution in [0.2, 0.25) is 0 Å². The number of anilines is 1. The summed E-state index contributed by atoms with van der Waals surface area (Å²) >= 11 is 1.22. The highest BCUT2D eigenvalue weighted by Gasteiger charge is 2.27. The molecule has 0 N–H and O–H groups in total. The summed E-state index contributed by atoms with van der Waals surface area (Å²) < 4.78 is 4.76. The lowest BCUT2D eigenvalue weighted by Crippen LogP contribution is -2.36. The molecule has 0 aliphatic carbocycles. The Morgan fingerprint density at radius 3 is 2.36 bits per heavy atom. The molecule has 0 aliphatic heterocycles. The van der Waals surface area contributed by atoms with Crippen LogP contribution >= 0.6 is 11.8 Å². The molecule has 0 fully saturated rings. The summed E-state index contributed by atoms with van der Waals surface area (Å²) in [6.07, 6.45) is 0. The van der Waals surface area contributed by atoms with Crippen LogP contribution < -0.4 is 10.5 Å². The third-order valence-electron chi connectivity index (χ3n) is 5.46. The zero-order valence-corrected chi connectivity index (χ0v) is 19.7. The summed E-state index contributed by atoms with van der Waals surface area (Å²) in [5.74, 6) is -0.0604. The number of benzene rings is 2. The van der Waals surface area contributed by atoms with E-state index in [2.05, 4.69) is 15.5 Å². The molecule has 4 aromatic rings. The number of nitrogens with zero attached hydrogens (tertiary/aromatic N) is 7. The zero-order valence-electron chi connectivity index (χ0n) is 18.9. The Morgan fingerprint density at radius 2 is 1.73 bits per heavy atom. The summed E-state index contributed by atoms with van der Waals surface area (Å²) in [6.45, 7) is 6.14. The number of thioether (sulfide) groups is 1. The maximum Gasteiger partial charge on any atom is 0.297 e. The average Bonchev–Trinajstić information content (AvgIpc) is 3.36. The molecule has 9 nitrogen and oxygen atoms in total. The molecule has 1 amide bonds. The molecule has 0 bridgehead atoms. The minimum Gasteiger partial charge on any atom is -0.312 e. The van der Waals surface area contributed by atoms with Crippen molar-refractivity contribution >= 4 is 23.4 Å². The minimum absolute atomic E-state index is 0.0604. The molecule has 1 atom stereocenters. The van der Waals surface area contributed by atoms with E-state index in [1.54, 1.807) is 14.3 Å². The van der Waals surface area contributed by atoms with Gasteiger partial charge in [-0.25, -0.2) is 4.68 Å². The largest absolute Gasteiger partial charge is 0.312 e. The Morgan fingerprint density at radius 1 is 1.09 bits per heavy atom. The van der Waals surface area contributed by atoms with Crippen LogP contribution in [-0.2, 0) is 11.8 Å². The van der Waals surface area contributed by atoms with Crippen LogP contribution in [0.3, 0.4) is 0 Å². The molecular formula is C23H25N7O2S. The molecule has 0 spiro atoms. The number of aromatic nitrogens is 6. The number of hydrogen-bond acceptors (Lipinski definition) is 6. The second-order valence-corrected chi connectivity index (χ2v) is 8.77. The molecule has 1 unspecified atom stereocenters. The molecule has 4 rings (SSSR count). The topological polar surface area (TPSA) is 90.8 Å². The Bertz CT molecular complexity index is 1310. The highest BCUT2D eigenvalue weighted by molar-refractivity contribution is 8.00. The van der Waals surface area contributed by atoms with E-state index in [9.17, 15) is 9.59 Å². The van der Waals surface area contributed by atoms with E-state index in [-0.39, 0.29) is 11.5 Å². The second-order valence-electron chi connectivity index (χ2n) is 7.46. The number of amides is 1. The normalized spacial score (nSPS) is 12.0. The summed E-state index contributed by atoms with van der Waals surface area (Å²) in [7, 11) is 1.82. The lowest BCUT2D eigenvalue weighted by Gasteiger charge is -2.24. The van der Waals surface area contributed by atoms with Crippen molar-refractivity contribution in [2.75, 3.05) is 11.4 Å². The zero-order chi connectivity index (χ0) is 23.5. The van der Waals surface area contributed by atoms with Crippen molar-refractivity contribution < 1.29 is 4.79 Å². The van der Waals surface area contributed by atoms with Gasteiger partial charge in [-0.2, -0.15) is 4.68 Å². The van der Waals surface area contributed by atoms with Crippen LogP contribution in [0.5, 0.6) is 0 Å². The molecule has 2 aromatic heterocycles. The summed E-state index contributed by atoms with van der Waals surface area (Å²) in [5, 5.41) is 11.9. The fraction of sp³-hybridized carbons (Fsp3) is 0.261. The van der Waals surface area contributed by atoms with Gasteiger partial charge in [-0.1, -0.05) is 48.2 Å². The van der Waals surface area contributed by atoms with Crippen LogP contribution in [0.15, 0.2) is 70.6 Å². The van der Waals surface area contributed by atoms with Gasteiger partial charge in [0.05, 0.1) is 16.6 Å². The van der Waals surface area contributed by atoms with Gasteiger partial charge in [0.2, 0.25) is 11.1 Å². The molecule has 0 saturated carbocycles. The van der Waals surface area contributed by atoms with Gasteiger partial charge in [0, 0.05) is 19.3 Å². The molecule has 10 heteroatoms. The predicted molar refractivity (Wildman–Crippen MR) is 128 cm³/mol. The molecule has 2 heterocycles. The fourth-order valence-corrected chi connectivity index (χ4v) is 4.55. The molecule has 0 aliphatic rings. The Labute approximate surface area is 195 Å². The summed E-state index contributed by atoms with van der Waals surface area (Å²) in [5.41, 5.74) is 2.39. The highest BCUT2D eigenvalue weighted by atomic mass is 32.2. The molecule has 33 heavy (non-hydrogen) atoms. The third kappa shape index (κ3) is 4.21. The van der Waals surface area contributed by atoms with E-state index in [4.69, 9.17) is 0 Å². The third-order valence-corrected chi connectivity index (χ3v) is 6.48. The van der Waals surface area contributed by atoms with Crippen molar-refractivity contribution in [3.05, 3.63) is 76.7 Å². The first-order valence-corrected chi connectivity index (χ1v) is 11.5. The molecular weight excluding hydrogens is 438 g/mol. The number of carbonyl (C=O) groups is 1. The van der Waals surface area contributed by atoms with Gasteiger partial charge < -0.3 is 4.90 Å². The van der Waals surface area contributed by atoms with Gasteiger partial charge in [0.15, 0.2) is 5.69 Å². The maximum atomic E-state index is 13.4. The lowest BCUT2D eigenvalue weighted by atomic mass is 10.2. The van der Waals surface area contributed by atoms with E-state index in [0.717, 1.165) is 11.4 Å². The molecule has 0 radical (unpaired) electrons. The highest BCUT2D eigenvalue weighted by Crippen LogP contribution is 2.26. The second kappa shape index (κ2) is 9.45. The summed E-state index contributed by atoms with van der Waals surface area (Å²) in [6, 6.07) is 18.9. The SMILES string of the molecule is CCN(C(=O)C(C)Sc1nnnn1-c1c(C)n(C)n(-c2ccccc2)c1=O)c1ccccc1. The first-order chi connectivity index (χ1) is 15.9. The van der Waals surface area contributed by atoms with Crippen LogP contribution in [0.4, 0.5) is 5.69 Å². The monoisotopic (exact) mass is 463 g/mol. The standard InChI is InChI=1S/C23H25N7O2S/c1-5-28(18-12-8-6-9-13-18)21(31)17(3)33-23-24-25-26-29(23)20-16(2)27(4)30(22(20)32)19-14-10-7-11-15-19/h6-15,17H,5H2,1-4H3. The molecule has 0 saturated heterocycles. The van der Waals surface area contributed by atoms with Crippen molar-refractivity contribution in [3.63, 3.8) is 0 Å². The number of carbonyl (C=O) groups excluding carboxylic acids is 1. The number of tetrazole rings is 1. The van der Waals surface area contributed by atoms with E-state index in [1.165, 1.54) is 16.4 Å². The Balaban J connectivity index is 1.66.